The Balaban J connectivity index is 4.18. The second-order valence-electron chi connectivity index (χ2n) is 2.92. The smallest absolute Gasteiger partial charge is 0.298 e. The molecule has 0 aliphatic carbocycles. The molecule has 0 aromatic rings. The summed E-state index contributed by atoms with van der Waals surface area (Å²) in [5.74, 6) is -2.15. The minimum absolute atomic E-state index is 0.0658. The van der Waals surface area contributed by atoms with E-state index in [2.05, 4.69) is 32.3 Å². The number of carbonyl (C=O) groups excluding carboxylic acids is 2. The first-order valence-electron chi connectivity index (χ1n) is 4.10. The van der Waals surface area contributed by atoms with Crippen LogP contribution in [0.5, 0.6) is 0 Å². The predicted molar refractivity (Wildman–Crippen MR) is 53.8 cm³/mol. The third kappa shape index (κ3) is 6.64. The Hall–Kier alpha value is -1.47. The van der Waals surface area contributed by atoms with Crippen LogP contribution >= 0.6 is 7.82 Å². The summed E-state index contributed by atoms with van der Waals surface area (Å²) in [5, 5.41) is 0. The van der Waals surface area contributed by atoms with Crippen LogP contribution in [-0.4, -0.2) is 16.8 Å². The van der Waals surface area contributed by atoms with Crippen molar-refractivity contribution in [3.05, 3.63) is 24.3 Å². The van der Waals surface area contributed by atoms with Gasteiger partial charge in [-0.3, -0.25) is 14.7 Å². The van der Waals surface area contributed by atoms with Gasteiger partial charge < -0.3 is 0 Å². The molecule has 8 nitrogen and oxygen atoms in total. The van der Waals surface area contributed by atoms with Gasteiger partial charge in [0.15, 0.2) is 0 Å². The molecule has 0 saturated heterocycles. The summed E-state index contributed by atoms with van der Waals surface area (Å²) in [5.41, 5.74) is -0.132. The fraction of sp³-hybridized carbons (Fsp3) is 0.250. The lowest BCUT2D eigenvalue weighted by Crippen LogP contribution is -2.09. The fourth-order valence-electron chi connectivity index (χ4n) is 0.317. The monoisotopic (exact) mass is 266 g/mol. The Bertz CT molecular complexity index is 364. The molecule has 0 bridgehead atoms. The first kappa shape index (κ1) is 15.5. The van der Waals surface area contributed by atoms with Crippen LogP contribution in [0.15, 0.2) is 24.3 Å². The fourth-order valence-corrected chi connectivity index (χ4v) is 0.665. The van der Waals surface area contributed by atoms with E-state index in [1.54, 1.807) is 0 Å². The highest BCUT2D eigenvalue weighted by atomic mass is 31.2. The first-order chi connectivity index (χ1) is 7.65. The van der Waals surface area contributed by atoms with Gasteiger partial charge in [0.2, 0.25) is 0 Å². The lowest BCUT2D eigenvalue weighted by Gasteiger charge is -2.08. The Kier molecular flexibility index (Phi) is 5.77. The van der Waals surface area contributed by atoms with E-state index in [-0.39, 0.29) is 11.1 Å². The highest BCUT2D eigenvalue weighted by molar-refractivity contribution is 7.47. The molecule has 9 heteroatoms. The van der Waals surface area contributed by atoms with E-state index >= 15 is 0 Å². The van der Waals surface area contributed by atoms with Crippen LogP contribution < -0.4 is 0 Å². The predicted octanol–water partition coefficient (Wildman–Crippen LogP) is 1.19. The summed E-state index contributed by atoms with van der Waals surface area (Å²) in [6, 6.07) is 0. The van der Waals surface area contributed by atoms with Gasteiger partial charge in [-0.2, -0.15) is 0 Å². The van der Waals surface area contributed by atoms with Crippen molar-refractivity contribution in [2.75, 3.05) is 0 Å². The summed E-state index contributed by atoms with van der Waals surface area (Å²) in [6.45, 7) is 8.95. The first-order valence-corrected chi connectivity index (χ1v) is 5.60. The third-order valence-electron chi connectivity index (χ3n) is 1.11. The van der Waals surface area contributed by atoms with Crippen molar-refractivity contribution >= 4 is 19.8 Å². The van der Waals surface area contributed by atoms with Gasteiger partial charge in [-0.25, -0.2) is 14.2 Å². The summed E-state index contributed by atoms with van der Waals surface area (Å²) in [6.07, 6.45) is 0. The molecular formula is C8H11O8P. The molecule has 96 valence electrons. The average molecular weight is 266 g/mol. The van der Waals surface area contributed by atoms with Gasteiger partial charge in [0, 0.05) is 11.1 Å². The van der Waals surface area contributed by atoms with Gasteiger partial charge in [0.05, 0.1) is 0 Å². The Morgan fingerprint density at radius 2 is 1.29 bits per heavy atom. The largest absolute Gasteiger partial charge is 0.544 e. The minimum Gasteiger partial charge on any atom is -0.298 e. The van der Waals surface area contributed by atoms with Gasteiger partial charge in [0.1, 0.15) is 0 Å². The summed E-state index contributed by atoms with van der Waals surface area (Å²) in [4.78, 5) is 38.2. The van der Waals surface area contributed by atoms with E-state index in [9.17, 15) is 14.2 Å². The third-order valence-corrected chi connectivity index (χ3v) is 1.64. The molecule has 0 radical (unpaired) electrons. The van der Waals surface area contributed by atoms with Crippen LogP contribution in [0.25, 0.3) is 0 Å². The molecule has 0 atom stereocenters. The van der Waals surface area contributed by atoms with E-state index in [0.717, 1.165) is 0 Å². The zero-order valence-electron chi connectivity index (χ0n) is 9.17. The summed E-state index contributed by atoms with van der Waals surface area (Å²) < 4.78 is 18.5. The highest BCUT2D eigenvalue weighted by Gasteiger charge is 2.29. The van der Waals surface area contributed by atoms with Crippen molar-refractivity contribution in [3.8, 4) is 0 Å². The molecule has 0 spiro atoms. The van der Waals surface area contributed by atoms with Crippen LogP contribution in [0.4, 0.5) is 0 Å². The Labute approximate surface area is 96.9 Å². The zero-order valence-corrected chi connectivity index (χ0v) is 10.1. The van der Waals surface area contributed by atoms with E-state index in [1.807, 2.05) is 0 Å². The van der Waals surface area contributed by atoms with Gasteiger partial charge in [-0.05, 0) is 13.8 Å². The van der Waals surface area contributed by atoms with Crippen LogP contribution in [0.1, 0.15) is 13.8 Å². The van der Waals surface area contributed by atoms with Crippen LogP contribution in [0, 0.1) is 0 Å². The van der Waals surface area contributed by atoms with Gasteiger partial charge >= 0.3 is 19.8 Å². The molecule has 0 heterocycles. The molecule has 0 unspecified atom stereocenters. The average Bonchev–Trinajstić information content (AvgIpc) is 2.22. The molecule has 0 rings (SSSR count). The van der Waals surface area contributed by atoms with E-state index < -0.39 is 19.8 Å². The van der Waals surface area contributed by atoms with E-state index in [1.165, 1.54) is 13.8 Å². The summed E-state index contributed by atoms with van der Waals surface area (Å²) >= 11 is 0. The topological polar surface area (TPSA) is 108 Å². The molecule has 0 aliphatic rings. The molecule has 0 aliphatic heterocycles. The number of phosphoric acid groups is 1. The van der Waals surface area contributed by atoms with E-state index in [4.69, 9.17) is 4.89 Å². The standard InChI is InChI=1S/C8H11O8P/c1-5(2)7(9)13-15-17(11,12)16-14-8(10)6(3)4/h1,3H2,2,4H3,(H,11,12). The van der Waals surface area contributed by atoms with Crippen molar-refractivity contribution in [2.45, 2.75) is 13.8 Å². The molecule has 1 N–H and O–H groups in total. The summed E-state index contributed by atoms with van der Waals surface area (Å²) in [7, 11) is -4.85. The second-order valence-corrected chi connectivity index (χ2v) is 4.16. The maximum Gasteiger partial charge on any atom is 0.544 e. The van der Waals surface area contributed by atoms with Gasteiger partial charge in [-0.15, -0.1) is 0 Å². The van der Waals surface area contributed by atoms with Gasteiger partial charge in [-0.1, -0.05) is 22.5 Å². The quantitative estimate of drug-likeness (QED) is 0.330. The maximum atomic E-state index is 11.0. The van der Waals surface area contributed by atoms with Crippen molar-refractivity contribution in [3.63, 3.8) is 0 Å². The number of rotatable bonds is 6. The van der Waals surface area contributed by atoms with Crippen LogP contribution in [0.2, 0.25) is 0 Å². The number of carbonyl (C=O) groups is 2. The van der Waals surface area contributed by atoms with Crippen LogP contribution in [0.3, 0.4) is 0 Å². The molecule has 0 aromatic heterocycles. The van der Waals surface area contributed by atoms with Crippen molar-refractivity contribution in [1.29, 1.82) is 0 Å². The highest BCUT2D eigenvalue weighted by Crippen LogP contribution is 2.43. The Morgan fingerprint density at radius 1 is 1.00 bits per heavy atom. The lowest BCUT2D eigenvalue weighted by atomic mass is 10.4. The molecule has 0 amide bonds. The molecular weight excluding hydrogens is 255 g/mol. The van der Waals surface area contributed by atoms with Crippen molar-refractivity contribution < 1.29 is 38.2 Å². The Morgan fingerprint density at radius 3 is 1.53 bits per heavy atom. The normalized spacial score (nSPS) is 10.5. The number of hydrogen-bond acceptors (Lipinski definition) is 7. The molecule has 0 saturated carbocycles. The molecule has 17 heavy (non-hydrogen) atoms. The van der Waals surface area contributed by atoms with Crippen molar-refractivity contribution in [2.24, 2.45) is 0 Å². The second kappa shape index (κ2) is 6.31. The number of hydrogen-bond donors (Lipinski definition) is 1. The van der Waals surface area contributed by atoms with Gasteiger partial charge in [0.25, 0.3) is 0 Å². The minimum atomic E-state index is -4.85. The van der Waals surface area contributed by atoms with Crippen LogP contribution in [-0.2, 0) is 33.3 Å². The molecule has 0 fully saturated rings. The van der Waals surface area contributed by atoms with E-state index in [0.29, 0.717) is 0 Å². The zero-order chi connectivity index (χ0) is 13.6. The van der Waals surface area contributed by atoms with Crippen molar-refractivity contribution in [1.82, 2.24) is 0 Å². The maximum absolute atomic E-state index is 11.0. The lowest BCUT2D eigenvalue weighted by molar-refractivity contribution is -0.256. The SMILES string of the molecule is C=C(C)C(=O)OOP(=O)(O)OOC(=O)C(=C)C. The molecule has 0 aromatic carbocycles.